The number of hydrogen-bond donors (Lipinski definition) is 2. The highest BCUT2D eigenvalue weighted by Crippen LogP contribution is 2.38. The second-order valence-electron chi connectivity index (χ2n) is 8.64. The Labute approximate surface area is 175 Å². The predicted octanol–water partition coefficient (Wildman–Crippen LogP) is 3.02. The average Bonchev–Trinajstić information content (AvgIpc) is 2.57. The number of β-amino-alcohol motifs (C(OH)–C–C–N with tert-alkyl or cyclic N) is 1. The standard InChI is InChI=1S/C21H35NO5.ClH/c1-20(2)10-16(23)11-21(3,4)22(20)12-17(24)14-27-13-15-9-18(25-5)7-8-19(15)26-6;/h7-9,16-17,23-24H,10-14H2,1-6H3;1H. The van der Waals surface area contributed by atoms with Gasteiger partial charge in [0, 0.05) is 23.2 Å². The maximum absolute atomic E-state index is 10.6. The lowest BCUT2D eigenvalue weighted by Crippen LogP contribution is -2.63. The topological polar surface area (TPSA) is 71.4 Å². The largest absolute Gasteiger partial charge is 0.497 e. The lowest BCUT2D eigenvalue weighted by molar-refractivity contribution is -0.105. The number of aliphatic hydroxyl groups excluding tert-OH is 2. The molecule has 1 aromatic carbocycles. The molecular weight excluding hydrogens is 382 g/mol. The second-order valence-corrected chi connectivity index (χ2v) is 8.64. The van der Waals surface area contributed by atoms with E-state index in [4.69, 9.17) is 14.2 Å². The van der Waals surface area contributed by atoms with Crippen molar-refractivity contribution in [2.45, 2.75) is 70.4 Å². The van der Waals surface area contributed by atoms with Crippen LogP contribution in [0.15, 0.2) is 18.2 Å². The van der Waals surface area contributed by atoms with E-state index in [9.17, 15) is 10.2 Å². The van der Waals surface area contributed by atoms with E-state index >= 15 is 0 Å². The van der Waals surface area contributed by atoms with Crippen molar-refractivity contribution in [3.63, 3.8) is 0 Å². The minimum absolute atomic E-state index is 0. The van der Waals surface area contributed by atoms with Crippen molar-refractivity contribution in [2.24, 2.45) is 0 Å². The van der Waals surface area contributed by atoms with Crippen LogP contribution in [0.3, 0.4) is 0 Å². The third kappa shape index (κ3) is 6.22. The molecule has 1 aromatic rings. The molecule has 0 amide bonds. The van der Waals surface area contributed by atoms with Gasteiger partial charge < -0.3 is 24.4 Å². The summed E-state index contributed by atoms with van der Waals surface area (Å²) in [6, 6.07) is 5.56. The number of hydrogen-bond acceptors (Lipinski definition) is 6. The van der Waals surface area contributed by atoms with Crippen LogP contribution in [0.4, 0.5) is 0 Å². The van der Waals surface area contributed by atoms with Gasteiger partial charge in [0.1, 0.15) is 11.5 Å². The molecule has 1 unspecified atom stereocenters. The summed E-state index contributed by atoms with van der Waals surface area (Å²) in [6.45, 7) is 9.53. The molecule has 1 atom stereocenters. The molecule has 1 aliphatic rings. The Bertz CT molecular complexity index is 605. The zero-order chi connectivity index (χ0) is 20.2. The van der Waals surface area contributed by atoms with Gasteiger partial charge in [-0.15, -0.1) is 12.4 Å². The number of nitrogens with zero attached hydrogens (tertiary/aromatic N) is 1. The molecule has 2 rings (SSSR count). The van der Waals surface area contributed by atoms with Crippen molar-refractivity contribution in [2.75, 3.05) is 27.4 Å². The van der Waals surface area contributed by atoms with E-state index in [-0.39, 0.29) is 36.2 Å². The monoisotopic (exact) mass is 417 g/mol. The predicted molar refractivity (Wildman–Crippen MR) is 113 cm³/mol. The molecule has 28 heavy (non-hydrogen) atoms. The average molecular weight is 418 g/mol. The van der Waals surface area contributed by atoms with Gasteiger partial charge in [-0.1, -0.05) is 0 Å². The minimum atomic E-state index is -0.615. The Morgan fingerprint density at radius 2 is 1.71 bits per heavy atom. The van der Waals surface area contributed by atoms with Gasteiger partial charge >= 0.3 is 0 Å². The first-order valence-electron chi connectivity index (χ1n) is 9.51. The number of methoxy groups -OCH3 is 2. The molecule has 7 heteroatoms. The van der Waals surface area contributed by atoms with Crippen molar-refractivity contribution in [1.29, 1.82) is 0 Å². The lowest BCUT2D eigenvalue weighted by Gasteiger charge is -2.55. The molecule has 162 valence electrons. The number of piperidine rings is 1. The molecule has 1 aliphatic heterocycles. The molecule has 2 N–H and O–H groups in total. The van der Waals surface area contributed by atoms with E-state index in [2.05, 4.69) is 32.6 Å². The fraction of sp³-hybridized carbons (Fsp3) is 0.714. The SMILES string of the molecule is COc1ccc(OC)c(COCC(O)CN2C(C)(C)CC(O)CC2(C)C)c1.Cl. The molecule has 0 radical (unpaired) electrons. The van der Waals surface area contributed by atoms with Crippen LogP contribution in [-0.4, -0.2) is 65.8 Å². The quantitative estimate of drug-likeness (QED) is 0.677. The summed E-state index contributed by atoms with van der Waals surface area (Å²) in [6.07, 6.45) is 0.478. The number of halogens is 1. The first-order valence-corrected chi connectivity index (χ1v) is 9.51. The molecule has 0 spiro atoms. The summed E-state index contributed by atoms with van der Waals surface area (Å²) in [5.41, 5.74) is 0.516. The molecule has 0 saturated carbocycles. The molecule has 0 aliphatic carbocycles. The van der Waals surface area contributed by atoms with Crippen LogP contribution in [0.25, 0.3) is 0 Å². The zero-order valence-electron chi connectivity index (χ0n) is 17.9. The lowest BCUT2D eigenvalue weighted by atomic mass is 9.78. The highest BCUT2D eigenvalue weighted by Gasteiger charge is 2.45. The normalized spacial score (nSPS) is 20.3. The van der Waals surface area contributed by atoms with Gasteiger partial charge in [0.15, 0.2) is 0 Å². The van der Waals surface area contributed by atoms with Gasteiger partial charge in [-0.2, -0.15) is 0 Å². The van der Waals surface area contributed by atoms with E-state index in [1.54, 1.807) is 14.2 Å². The van der Waals surface area contributed by atoms with Gasteiger partial charge in [-0.25, -0.2) is 0 Å². The number of aliphatic hydroxyl groups is 2. The van der Waals surface area contributed by atoms with Crippen molar-refractivity contribution in [3.05, 3.63) is 23.8 Å². The van der Waals surface area contributed by atoms with E-state index in [1.165, 1.54) is 0 Å². The highest BCUT2D eigenvalue weighted by molar-refractivity contribution is 5.85. The number of rotatable bonds is 8. The summed E-state index contributed by atoms with van der Waals surface area (Å²) in [4.78, 5) is 2.28. The van der Waals surface area contributed by atoms with Crippen molar-refractivity contribution in [3.8, 4) is 11.5 Å². The molecule has 6 nitrogen and oxygen atoms in total. The van der Waals surface area contributed by atoms with Crippen LogP contribution in [0.1, 0.15) is 46.1 Å². The van der Waals surface area contributed by atoms with Crippen LogP contribution in [0, 0.1) is 0 Å². The smallest absolute Gasteiger partial charge is 0.124 e. The molecule has 0 bridgehead atoms. The van der Waals surface area contributed by atoms with Gasteiger partial charge in [-0.05, 0) is 58.7 Å². The first kappa shape index (κ1) is 25.0. The van der Waals surface area contributed by atoms with Crippen LogP contribution in [0.2, 0.25) is 0 Å². The second kappa shape index (κ2) is 10.1. The highest BCUT2D eigenvalue weighted by atomic mass is 35.5. The number of ether oxygens (including phenoxy) is 3. The van der Waals surface area contributed by atoms with Crippen LogP contribution in [0.5, 0.6) is 11.5 Å². The van der Waals surface area contributed by atoms with Gasteiger partial charge in [-0.3, -0.25) is 4.90 Å². The maximum atomic E-state index is 10.6. The molecular formula is C21H36ClNO5. The molecule has 1 fully saturated rings. The summed E-state index contributed by atoms with van der Waals surface area (Å²) in [5, 5.41) is 20.7. The van der Waals surface area contributed by atoms with Gasteiger partial charge in [0.25, 0.3) is 0 Å². The van der Waals surface area contributed by atoms with Crippen LogP contribution in [-0.2, 0) is 11.3 Å². The number of likely N-dealkylation sites (tertiary alicyclic amines) is 1. The van der Waals surface area contributed by atoms with Crippen molar-refractivity contribution < 1.29 is 24.4 Å². The van der Waals surface area contributed by atoms with Crippen LogP contribution >= 0.6 is 12.4 Å². The summed E-state index contributed by atoms with van der Waals surface area (Å²) in [7, 11) is 3.24. The number of benzene rings is 1. The van der Waals surface area contributed by atoms with Gasteiger partial charge in [0.2, 0.25) is 0 Å². The van der Waals surface area contributed by atoms with Crippen molar-refractivity contribution >= 4 is 12.4 Å². The first-order chi connectivity index (χ1) is 12.6. The van der Waals surface area contributed by atoms with Crippen LogP contribution < -0.4 is 9.47 Å². The van der Waals surface area contributed by atoms with E-state index in [0.29, 0.717) is 26.0 Å². The van der Waals surface area contributed by atoms with E-state index in [1.807, 2.05) is 18.2 Å². The molecule has 1 heterocycles. The fourth-order valence-corrected chi connectivity index (χ4v) is 4.32. The maximum Gasteiger partial charge on any atom is 0.124 e. The Balaban J connectivity index is 0.00000392. The van der Waals surface area contributed by atoms with Gasteiger partial charge in [0.05, 0.1) is 39.6 Å². The Morgan fingerprint density at radius 3 is 2.25 bits per heavy atom. The Kier molecular flexibility index (Phi) is 9.03. The fourth-order valence-electron chi connectivity index (χ4n) is 4.32. The zero-order valence-corrected chi connectivity index (χ0v) is 18.7. The Hall–Kier alpha value is -1.05. The van der Waals surface area contributed by atoms with Crippen molar-refractivity contribution in [1.82, 2.24) is 4.90 Å². The molecule has 1 saturated heterocycles. The summed E-state index contributed by atoms with van der Waals surface area (Å²) >= 11 is 0. The van der Waals surface area contributed by atoms with E-state index in [0.717, 1.165) is 17.1 Å². The third-order valence-corrected chi connectivity index (χ3v) is 5.38. The Morgan fingerprint density at radius 1 is 1.11 bits per heavy atom. The summed E-state index contributed by atoms with van der Waals surface area (Å²) in [5.74, 6) is 1.47. The van der Waals surface area contributed by atoms with E-state index < -0.39 is 6.10 Å². The molecule has 0 aromatic heterocycles. The summed E-state index contributed by atoms with van der Waals surface area (Å²) < 4.78 is 16.4. The minimum Gasteiger partial charge on any atom is -0.497 e. The third-order valence-electron chi connectivity index (χ3n) is 5.38.